The number of imide groups is 2. The van der Waals surface area contributed by atoms with Gasteiger partial charge in [-0.3, -0.25) is 39.0 Å². The van der Waals surface area contributed by atoms with Crippen molar-refractivity contribution in [1.29, 1.82) is 0 Å². The van der Waals surface area contributed by atoms with E-state index >= 15 is 0 Å². The van der Waals surface area contributed by atoms with E-state index in [0.29, 0.717) is 31.2 Å². The summed E-state index contributed by atoms with van der Waals surface area (Å²) in [6.07, 6.45) is 0.0403. The molecular formula is C31H34N6O9. The van der Waals surface area contributed by atoms with Crippen LogP contribution in [0.1, 0.15) is 52.2 Å². The fourth-order valence-electron chi connectivity index (χ4n) is 6.14. The quantitative estimate of drug-likeness (QED) is 0.334. The molecule has 15 heteroatoms. The van der Waals surface area contributed by atoms with E-state index in [9.17, 15) is 28.8 Å². The Kier molecular flexibility index (Phi) is 8.58. The number of carbonyl (C=O) groups is 6. The third-order valence-corrected chi connectivity index (χ3v) is 8.31. The molecule has 2 fully saturated rings. The lowest BCUT2D eigenvalue weighted by Gasteiger charge is -2.41. The molecule has 2 N–H and O–H groups in total. The van der Waals surface area contributed by atoms with Crippen molar-refractivity contribution in [2.45, 2.75) is 31.8 Å². The number of pyridine rings is 1. The number of fused-ring (bicyclic) bond motifs is 2. The summed E-state index contributed by atoms with van der Waals surface area (Å²) in [5, 5.41) is 4.97. The van der Waals surface area contributed by atoms with Crippen LogP contribution < -0.4 is 24.8 Å². The highest BCUT2D eigenvalue weighted by Gasteiger charge is 2.45. The van der Waals surface area contributed by atoms with Crippen molar-refractivity contribution in [1.82, 2.24) is 30.3 Å². The summed E-state index contributed by atoms with van der Waals surface area (Å²) in [5.74, 6) is -2.46. The van der Waals surface area contributed by atoms with Gasteiger partial charge in [-0.25, -0.2) is 4.98 Å². The number of benzene rings is 1. The predicted octanol–water partition coefficient (Wildman–Crippen LogP) is -0.0996. The molecule has 0 spiro atoms. The van der Waals surface area contributed by atoms with Crippen molar-refractivity contribution in [2.75, 3.05) is 53.0 Å². The maximum Gasteiger partial charge on any atom is 0.262 e. The average molecular weight is 635 g/mol. The van der Waals surface area contributed by atoms with Crippen molar-refractivity contribution in [3.63, 3.8) is 0 Å². The Morgan fingerprint density at radius 3 is 2.59 bits per heavy atom. The van der Waals surface area contributed by atoms with Gasteiger partial charge in [-0.2, -0.15) is 0 Å². The number of ether oxygens (including phenoxy) is 3. The highest BCUT2D eigenvalue weighted by Crippen LogP contribution is 2.33. The van der Waals surface area contributed by atoms with E-state index in [1.54, 1.807) is 19.1 Å². The van der Waals surface area contributed by atoms with Crippen molar-refractivity contribution in [3.05, 3.63) is 47.2 Å². The molecule has 6 amide bonds. The van der Waals surface area contributed by atoms with Gasteiger partial charge in [0.15, 0.2) is 18.4 Å². The van der Waals surface area contributed by atoms with Gasteiger partial charge in [0.25, 0.3) is 23.6 Å². The summed E-state index contributed by atoms with van der Waals surface area (Å²) in [5.41, 5.74) is 0.422. The molecular weight excluding hydrogens is 600 g/mol. The molecule has 46 heavy (non-hydrogen) atoms. The molecule has 0 radical (unpaired) electrons. The first-order valence-electron chi connectivity index (χ1n) is 15.1. The number of amides is 6. The van der Waals surface area contributed by atoms with Gasteiger partial charge in [-0.05, 0) is 50.7 Å². The molecule has 0 saturated carbocycles. The zero-order valence-electron chi connectivity index (χ0n) is 25.4. The molecule has 2 saturated heterocycles. The van der Waals surface area contributed by atoms with Gasteiger partial charge in [0, 0.05) is 38.5 Å². The number of aromatic nitrogens is 1. The number of hydrogen-bond acceptors (Lipinski definition) is 11. The first-order valence-corrected chi connectivity index (χ1v) is 15.1. The van der Waals surface area contributed by atoms with Gasteiger partial charge in [0.05, 0.1) is 16.8 Å². The molecule has 4 aliphatic rings. The van der Waals surface area contributed by atoms with Crippen LogP contribution in [-0.2, 0) is 19.2 Å². The summed E-state index contributed by atoms with van der Waals surface area (Å²) >= 11 is 0. The molecule has 242 valence electrons. The van der Waals surface area contributed by atoms with E-state index in [4.69, 9.17) is 14.2 Å². The molecule has 6 rings (SSSR count). The third-order valence-electron chi connectivity index (χ3n) is 8.31. The molecule has 15 nitrogen and oxygen atoms in total. The maximum absolute atomic E-state index is 13.9. The second-order valence-electron chi connectivity index (χ2n) is 11.6. The monoisotopic (exact) mass is 634 g/mol. The van der Waals surface area contributed by atoms with Crippen LogP contribution in [-0.4, -0.2) is 114 Å². The summed E-state index contributed by atoms with van der Waals surface area (Å²) in [6, 6.07) is 5.33. The molecule has 1 aromatic carbocycles. The SMILES string of the molecule is CCNC(=O)C(c1ccc2c(n1)OCCO2)N(CC1CN(C)C1)C(=O)COc1ccc2c(c1)C(=O)N(C1CCC(=O)NC1=O)C2=O. The highest BCUT2D eigenvalue weighted by molar-refractivity contribution is 6.23. The first-order chi connectivity index (χ1) is 22.1. The van der Waals surface area contributed by atoms with Crippen molar-refractivity contribution >= 4 is 35.4 Å². The number of piperidine rings is 1. The zero-order valence-corrected chi connectivity index (χ0v) is 25.4. The van der Waals surface area contributed by atoms with E-state index in [-0.39, 0.29) is 48.1 Å². The molecule has 0 bridgehead atoms. The molecule has 1 aromatic heterocycles. The van der Waals surface area contributed by atoms with Crippen LogP contribution >= 0.6 is 0 Å². The number of carbonyl (C=O) groups excluding carboxylic acids is 6. The molecule has 4 aliphatic heterocycles. The van der Waals surface area contributed by atoms with Gasteiger partial charge < -0.3 is 29.3 Å². The Hall–Kier alpha value is -5.05. The fourth-order valence-corrected chi connectivity index (χ4v) is 6.14. The third kappa shape index (κ3) is 5.97. The minimum absolute atomic E-state index is 0.00693. The molecule has 2 aromatic rings. The smallest absolute Gasteiger partial charge is 0.262 e. The van der Waals surface area contributed by atoms with Gasteiger partial charge in [-0.15, -0.1) is 0 Å². The van der Waals surface area contributed by atoms with E-state index in [2.05, 4.69) is 20.5 Å². The van der Waals surface area contributed by atoms with Crippen LogP contribution in [0.5, 0.6) is 17.4 Å². The molecule has 2 atom stereocenters. The number of likely N-dealkylation sites (tertiary alicyclic amines) is 1. The van der Waals surface area contributed by atoms with E-state index < -0.39 is 54.1 Å². The largest absolute Gasteiger partial charge is 0.484 e. The lowest BCUT2D eigenvalue weighted by Crippen LogP contribution is -2.54. The predicted molar refractivity (Wildman–Crippen MR) is 158 cm³/mol. The number of nitrogens with one attached hydrogen (secondary N) is 2. The van der Waals surface area contributed by atoms with E-state index in [0.717, 1.165) is 18.0 Å². The van der Waals surface area contributed by atoms with E-state index in [1.807, 2.05) is 7.05 Å². The van der Waals surface area contributed by atoms with Gasteiger partial charge in [-0.1, -0.05) is 0 Å². The van der Waals surface area contributed by atoms with Crippen LogP contribution in [0.3, 0.4) is 0 Å². The number of rotatable bonds is 10. The first kappa shape index (κ1) is 31.0. The Morgan fingerprint density at radius 2 is 1.85 bits per heavy atom. The normalized spacial score (nSPS) is 20.0. The Balaban J connectivity index is 1.22. The van der Waals surface area contributed by atoms with Crippen LogP contribution in [0.2, 0.25) is 0 Å². The van der Waals surface area contributed by atoms with Crippen LogP contribution in [0, 0.1) is 5.92 Å². The highest BCUT2D eigenvalue weighted by atomic mass is 16.6. The maximum atomic E-state index is 13.9. The number of nitrogens with zero attached hydrogens (tertiary/aromatic N) is 4. The molecule has 0 aliphatic carbocycles. The van der Waals surface area contributed by atoms with Crippen molar-refractivity contribution in [3.8, 4) is 17.4 Å². The summed E-state index contributed by atoms with van der Waals surface area (Å²) in [4.78, 5) is 86.6. The van der Waals surface area contributed by atoms with Crippen molar-refractivity contribution in [2.24, 2.45) is 5.92 Å². The molecule has 2 unspecified atom stereocenters. The van der Waals surface area contributed by atoms with Gasteiger partial charge in [0.1, 0.15) is 25.0 Å². The second kappa shape index (κ2) is 12.7. The topological polar surface area (TPSA) is 177 Å². The average Bonchev–Trinajstić information content (AvgIpc) is 3.27. The lowest BCUT2D eigenvalue weighted by molar-refractivity contribution is -0.144. The van der Waals surface area contributed by atoms with Gasteiger partial charge >= 0.3 is 0 Å². The Morgan fingerprint density at radius 1 is 1.09 bits per heavy atom. The van der Waals surface area contributed by atoms with Crippen LogP contribution in [0.15, 0.2) is 30.3 Å². The standard InChI is InChI=1S/C31H34N6O9/c1-3-32-28(41)26(21-6-8-23-29(33-21)45-11-10-44-23)36(15-17-13-35(2)14-17)25(39)16-46-18-4-5-19-20(12-18)31(43)37(30(19)42)22-7-9-24(38)34-27(22)40/h4-6,8,12,17,22,26H,3,7,9-11,13-16H2,1-2H3,(H,32,41)(H,34,38,40). The summed E-state index contributed by atoms with van der Waals surface area (Å²) < 4.78 is 17.1. The summed E-state index contributed by atoms with van der Waals surface area (Å²) in [6.45, 7) is 4.08. The minimum atomic E-state index is -1.10. The number of likely N-dealkylation sites (N-methyl/N-ethyl adjacent to an activating group) is 1. The fraction of sp³-hybridized carbons (Fsp3) is 0.452. The zero-order chi connectivity index (χ0) is 32.5. The van der Waals surface area contributed by atoms with Crippen LogP contribution in [0.25, 0.3) is 0 Å². The van der Waals surface area contributed by atoms with Gasteiger partial charge in [0.2, 0.25) is 17.7 Å². The number of hydrogen-bond donors (Lipinski definition) is 2. The Bertz CT molecular complexity index is 1610. The molecule has 5 heterocycles. The lowest BCUT2D eigenvalue weighted by atomic mass is 9.98. The van der Waals surface area contributed by atoms with E-state index in [1.165, 1.54) is 23.1 Å². The van der Waals surface area contributed by atoms with Crippen molar-refractivity contribution < 1.29 is 43.0 Å². The minimum Gasteiger partial charge on any atom is -0.484 e. The second-order valence-corrected chi connectivity index (χ2v) is 11.6. The summed E-state index contributed by atoms with van der Waals surface area (Å²) in [7, 11) is 1.97. The Labute approximate surface area is 264 Å². The van der Waals surface area contributed by atoms with Crippen LogP contribution in [0.4, 0.5) is 0 Å².